The zero-order valence-electron chi connectivity index (χ0n) is 21.7. The van der Waals surface area contributed by atoms with Crippen molar-refractivity contribution in [2.75, 3.05) is 10.5 Å². The molecule has 208 valence electrons. The Morgan fingerprint density at radius 3 is 1.33 bits per heavy atom. The largest absolute Gasteiger partial charge is 0.351 e. The van der Waals surface area contributed by atoms with Crippen LogP contribution in [0.4, 0.5) is 11.4 Å². The van der Waals surface area contributed by atoms with Gasteiger partial charge in [-0.3, -0.25) is 30.4 Å². The molecule has 13 heteroatoms. The molecule has 8 unspecified atom stereocenters. The summed E-state index contributed by atoms with van der Waals surface area (Å²) < 4.78 is 17.9. The lowest BCUT2D eigenvalue weighted by Gasteiger charge is -2.41. The number of hydrogen-bond acceptors (Lipinski definition) is 11. The van der Waals surface area contributed by atoms with Crippen molar-refractivity contribution in [3.05, 3.63) is 59.7 Å². The summed E-state index contributed by atoms with van der Waals surface area (Å²) in [5.74, 6) is -0.481. The molecule has 2 aromatic rings. The van der Waals surface area contributed by atoms with Crippen molar-refractivity contribution in [2.24, 2.45) is 0 Å². The second-order valence-corrected chi connectivity index (χ2v) is 10.8. The maximum atomic E-state index is 13.7. The summed E-state index contributed by atoms with van der Waals surface area (Å²) in [5, 5.41) is 36.7. The van der Waals surface area contributed by atoms with Crippen LogP contribution in [0.1, 0.15) is 51.0 Å². The van der Waals surface area contributed by atoms with E-state index in [9.17, 15) is 9.59 Å². The van der Waals surface area contributed by atoms with Crippen LogP contribution in [0.3, 0.4) is 0 Å². The van der Waals surface area contributed by atoms with Crippen LogP contribution < -0.4 is 10.5 Å². The van der Waals surface area contributed by atoms with Crippen molar-refractivity contribution < 1.29 is 44.6 Å². The van der Waals surface area contributed by atoms with E-state index in [1.54, 1.807) is 47.9 Å². The van der Waals surface area contributed by atoms with Gasteiger partial charge in [0.2, 0.25) is 0 Å². The van der Waals surface area contributed by atoms with Crippen LogP contribution >= 0.6 is 0 Å². The zero-order chi connectivity index (χ0) is 28.0. The van der Waals surface area contributed by atoms with Crippen molar-refractivity contribution in [1.29, 1.82) is 0 Å². The molecule has 0 spiro atoms. The zero-order valence-corrected chi connectivity index (χ0v) is 21.7. The lowest BCUT2D eigenvalue weighted by molar-refractivity contribution is -0.151. The maximum absolute atomic E-state index is 13.7. The predicted octanol–water partition coefficient (Wildman–Crippen LogP) is 2.35. The van der Waals surface area contributed by atoms with Crippen molar-refractivity contribution in [2.45, 2.75) is 75.6 Å². The molecule has 4 heterocycles. The molecule has 8 atom stereocenters. The lowest BCUT2D eigenvalue weighted by atomic mass is 9.95. The summed E-state index contributed by atoms with van der Waals surface area (Å²) in [5.41, 5.74) is -0.417. The first kappa shape index (κ1) is 26.0. The highest BCUT2D eigenvalue weighted by Crippen LogP contribution is 2.55. The Kier molecular flexibility index (Phi) is 5.72. The first-order valence-corrected chi connectivity index (χ1v) is 12.6. The molecule has 0 saturated carbocycles. The number of piperazine rings is 1. The Labute approximate surface area is 223 Å². The summed E-state index contributed by atoms with van der Waals surface area (Å²) in [4.78, 5) is 30.7. The maximum Gasteiger partial charge on any atom is 0.260 e. The van der Waals surface area contributed by atoms with Gasteiger partial charge in [0.1, 0.15) is 12.2 Å². The number of nitrogens with zero attached hydrogens (tertiary/aromatic N) is 4. The first-order chi connectivity index (χ1) is 18.4. The number of hydrogen-bond donors (Lipinski definition) is 4. The van der Waals surface area contributed by atoms with Crippen molar-refractivity contribution in [3.63, 3.8) is 0 Å². The summed E-state index contributed by atoms with van der Waals surface area (Å²) in [6, 6.07) is 11.8. The fourth-order valence-corrected chi connectivity index (χ4v) is 5.90. The molecule has 0 aromatic heterocycles. The number of carbonyl (C=O) groups excluding carboxylic acids is 2. The molecule has 4 aliphatic rings. The average Bonchev–Trinajstić information content (AvgIpc) is 3.73. The van der Waals surface area contributed by atoms with E-state index in [1.165, 1.54) is 24.3 Å². The van der Waals surface area contributed by atoms with Gasteiger partial charge in [-0.2, -0.15) is 0 Å². The van der Waals surface area contributed by atoms with Crippen molar-refractivity contribution >= 4 is 23.2 Å². The first-order valence-electron chi connectivity index (χ1n) is 12.6. The number of anilines is 2. The van der Waals surface area contributed by atoms with E-state index in [0.717, 1.165) is 11.1 Å². The number of benzene rings is 2. The highest BCUT2D eigenvalue weighted by molar-refractivity contribution is 5.92. The van der Waals surface area contributed by atoms with Gasteiger partial charge in [-0.15, -0.1) is 10.5 Å². The number of rotatable bonds is 6. The Hall–Kier alpha value is -3.30. The molecule has 0 aliphatic carbocycles. The molecule has 13 nitrogen and oxygen atoms in total. The second-order valence-electron chi connectivity index (χ2n) is 10.8. The van der Waals surface area contributed by atoms with Gasteiger partial charge in [0.15, 0.2) is 23.7 Å². The number of amides is 2. The van der Waals surface area contributed by atoms with E-state index < -0.39 is 47.9 Å². The molecule has 4 fully saturated rings. The second kappa shape index (κ2) is 8.60. The molecular weight excluding hydrogens is 512 g/mol. The standard InChI is InChI=1S/C26H30N4O9/c1-13-21-28(24(32)26(4)20(39-26)16-7-11-18(12-8-16)30(35)36)14(2)22(37-21)27(13)23(31)25(3)19(38-25)15-5-9-17(10-6-15)29(33)34/h5-14,19-22,33-36H,1-4H3. The van der Waals surface area contributed by atoms with Gasteiger partial charge in [0.05, 0.1) is 23.5 Å². The number of carbonyl (C=O) groups is 2. The Morgan fingerprint density at radius 1 is 0.692 bits per heavy atom. The molecule has 39 heavy (non-hydrogen) atoms. The molecule has 6 rings (SSSR count). The quantitative estimate of drug-likeness (QED) is 0.313. The van der Waals surface area contributed by atoms with E-state index in [4.69, 9.17) is 35.0 Å². The van der Waals surface area contributed by atoms with Gasteiger partial charge in [-0.1, -0.05) is 24.3 Å². The van der Waals surface area contributed by atoms with E-state index in [2.05, 4.69) is 0 Å². The normalized spacial score (nSPS) is 36.2. The summed E-state index contributed by atoms with van der Waals surface area (Å²) in [6.07, 6.45) is -2.30. The van der Waals surface area contributed by atoms with E-state index in [0.29, 0.717) is 0 Å². The van der Waals surface area contributed by atoms with Crippen molar-refractivity contribution in [1.82, 2.24) is 9.80 Å². The monoisotopic (exact) mass is 542 g/mol. The van der Waals surface area contributed by atoms with Gasteiger partial charge in [0, 0.05) is 0 Å². The molecule has 2 amide bonds. The van der Waals surface area contributed by atoms with Crippen LogP contribution in [-0.2, 0) is 23.8 Å². The van der Waals surface area contributed by atoms with Crippen LogP contribution in [0.15, 0.2) is 48.5 Å². The Morgan fingerprint density at radius 2 is 1.03 bits per heavy atom. The third kappa shape index (κ3) is 3.81. The molecule has 4 saturated heterocycles. The summed E-state index contributed by atoms with van der Waals surface area (Å²) in [6.45, 7) is 7.10. The predicted molar refractivity (Wildman–Crippen MR) is 131 cm³/mol. The number of fused-ring (bicyclic) bond motifs is 2. The highest BCUT2D eigenvalue weighted by atomic mass is 16.8. The van der Waals surface area contributed by atoms with Gasteiger partial charge in [-0.05, 0) is 63.1 Å². The Bertz CT molecular complexity index is 1210. The molecule has 4 aliphatic heterocycles. The summed E-state index contributed by atoms with van der Waals surface area (Å²) in [7, 11) is 0. The van der Waals surface area contributed by atoms with Crippen LogP contribution in [0.5, 0.6) is 0 Å². The molecule has 0 radical (unpaired) electrons. The highest BCUT2D eigenvalue weighted by Gasteiger charge is 2.69. The Balaban J connectivity index is 1.15. The van der Waals surface area contributed by atoms with Gasteiger partial charge in [0.25, 0.3) is 11.8 Å². The van der Waals surface area contributed by atoms with E-state index in [-0.39, 0.29) is 33.6 Å². The van der Waals surface area contributed by atoms with Crippen molar-refractivity contribution in [3.8, 4) is 0 Å². The van der Waals surface area contributed by atoms with Gasteiger partial charge < -0.3 is 24.0 Å². The number of epoxide rings is 2. The van der Waals surface area contributed by atoms with Gasteiger partial charge >= 0.3 is 0 Å². The SMILES string of the molecule is CC1C2OC(C(C)N2C(=O)C2(C)OC2c2ccc(N(O)O)cc2)N1C(=O)C1(C)OC1c1ccc(N(O)O)cc1. The minimum atomic E-state index is -1.11. The third-order valence-corrected chi connectivity index (χ3v) is 8.31. The lowest BCUT2D eigenvalue weighted by Crippen LogP contribution is -2.62. The van der Waals surface area contributed by atoms with E-state index >= 15 is 0 Å². The van der Waals surface area contributed by atoms with Gasteiger partial charge in [-0.25, -0.2) is 0 Å². The minimum Gasteiger partial charge on any atom is -0.351 e. The topological polar surface area (TPSA) is 162 Å². The molecule has 4 N–H and O–H groups in total. The summed E-state index contributed by atoms with van der Waals surface area (Å²) >= 11 is 0. The van der Waals surface area contributed by atoms with Crippen LogP contribution in [0, 0.1) is 0 Å². The fourth-order valence-electron chi connectivity index (χ4n) is 5.90. The van der Waals surface area contributed by atoms with Crippen LogP contribution in [0.25, 0.3) is 0 Å². The molecule has 2 aromatic carbocycles. The third-order valence-electron chi connectivity index (χ3n) is 8.31. The van der Waals surface area contributed by atoms with E-state index in [1.807, 2.05) is 13.8 Å². The molecular formula is C26H30N4O9. The average molecular weight is 543 g/mol. The molecule has 2 bridgehead atoms. The van der Waals surface area contributed by atoms with Crippen LogP contribution in [0.2, 0.25) is 0 Å². The van der Waals surface area contributed by atoms with Crippen LogP contribution in [-0.4, -0.2) is 78.2 Å². The fraction of sp³-hybridized carbons (Fsp3) is 0.462. The smallest absolute Gasteiger partial charge is 0.260 e. The minimum absolute atomic E-state index is 0.0160. The number of ether oxygens (including phenoxy) is 3.